The number of hydrogen-bond donors (Lipinski definition) is 1. The molecule has 40 heavy (non-hydrogen) atoms. The molecule has 0 saturated heterocycles. The number of benzene rings is 3. The molecule has 8 nitrogen and oxygen atoms in total. The Kier molecular flexibility index (Phi) is 8.31. The number of aromatic amines is 1. The van der Waals surface area contributed by atoms with Gasteiger partial charge < -0.3 is 9.72 Å². The van der Waals surface area contributed by atoms with Gasteiger partial charge in [0.15, 0.2) is 5.82 Å². The van der Waals surface area contributed by atoms with Gasteiger partial charge >= 0.3 is 0 Å². The van der Waals surface area contributed by atoms with Crippen molar-refractivity contribution in [2.75, 3.05) is 7.11 Å². The molecule has 2 heterocycles. The first-order chi connectivity index (χ1) is 19.5. The van der Waals surface area contributed by atoms with Gasteiger partial charge in [-0.05, 0) is 87.8 Å². The summed E-state index contributed by atoms with van der Waals surface area (Å²) in [5.41, 5.74) is 4.50. The lowest BCUT2D eigenvalue weighted by Crippen LogP contribution is -2.32. The average molecular weight is 541 g/mol. The summed E-state index contributed by atoms with van der Waals surface area (Å²) in [5, 5.41) is 13.7. The van der Waals surface area contributed by atoms with Crippen LogP contribution in [0.25, 0.3) is 10.9 Å². The summed E-state index contributed by atoms with van der Waals surface area (Å²) in [6.45, 7) is 5.53. The van der Waals surface area contributed by atoms with Crippen LogP contribution in [0.3, 0.4) is 0 Å². The smallest absolute Gasteiger partial charge is 0.252 e. The normalized spacial score (nSPS) is 12.2. The maximum atomic E-state index is 13.7. The molecule has 206 valence electrons. The van der Waals surface area contributed by atoms with Gasteiger partial charge in [-0.15, -0.1) is 5.10 Å². The van der Waals surface area contributed by atoms with E-state index in [2.05, 4.69) is 45.3 Å². The Morgan fingerprint density at radius 3 is 2.38 bits per heavy atom. The van der Waals surface area contributed by atoms with Crippen LogP contribution >= 0.6 is 0 Å². The number of nitrogens with one attached hydrogen (secondary N) is 1. The fourth-order valence-electron chi connectivity index (χ4n) is 5.03. The summed E-state index contributed by atoms with van der Waals surface area (Å²) in [5.74, 6) is 1.19. The van der Waals surface area contributed by atoms with Crippen molar-refractivity contribution in [2.45, 2.75) is 52.4 Å². The number of nitrogens with zero attached hydrogens (tertiary/aromatic N) is 5. The lowest BCUT2D eigenvalue weighted by molar-refractivity contribution is 0.161. The van der Waals surface area contributed by atoms with Crippen molar-refractivity contribution in [2.24, 2.45) is 0 Å². The fraction of sp³-hybridized carbons (Fsp3) is 0.290. The number of tetrazole rings is 1. The van der Waals surface area contributed by atoms with Crippen molar-refractivity contribution < 1.29 is 9.13 Å². The van der Waals surface area contributed by atoms with Crippen LogP contribution in [-0.4, -0.2) is 37.2 Å². The van der Waals surface area contributed by atoms with Gasteiger partial charge in [-0.2, -0.15) is 0 Å². The van der Waals surface area contributed by atoms with Gasteiger partial charge in [-0.25, -0.2) is 9.07 Å². The van der Waals surface area contributed by atoms with Crippen molar-refractivity contribution in [1.82, 2.24) is 30.1 Å². The van der Waals surface area contributed by atoms with Gasteiger partial charge in [0.2, 0.25) is 0 Å². The molecule has 1 unspecified atom stereocenters. The van der Waals surface area contributed by atoms with Gasteiger partial charge in [0.25, 0.3) is 5.56 Å². The van der Waals surface area contributed by atoms with E-state index in [1.807, 2.05) is 42.5 Å². The van der Waals surface area contributed by atoms with Crippen LogP contribution in [0.5, 0.6) is 5.75 Å². The monoisotopic (exact) mass is 540 g/mol. The van der Waals surface area contributed by atoms with Crippen LogP contribution < -0.4 is 10.3 Å². The quantitative estimate of drug-likeness (QED) is 0.240. The van der Waals surface area contributed by atoms with Crippen LogP contribution in [0.1, 0.15) is 54.4 Å². The zero-order chi connectivity index (χ0) is 28.1. The zero-order valence-corrected chi connectivity index (χ0v) is 23.0. The summed E-state index contributed by atoms with van der Waals surface area (Å²) in [6, 6.07) is 22.1. The predicted molar refractivity (Wildman–Crippen MR) is 153 cm³/mol. The molecule has 0 spiro atoms. The zero-order valence-electron chi connectivity index (χ0n) is 23.0. The molecule has 0 fully saturated rings. The number of aryl methyl sites for hydroxylation is 1. The second-order valence-corrected chi connectivity index (χ2v) is 9.90. The molecular formula is C31H33FN6O2. The second-order valence-electron chi connectivity index (χ2n) is 9.90. The SMILES string of the molecule is CCc1ccc2[nH]c(=O)c(CN(Cc3ccc(F)cc3)C(CC)c3nnnn3Cc3ccc(OC)cc3)cc2c1. The lowest BCUT2D eigenvalue weighted by Gasteiger charge is -2.30. The maximum absolute atomic E-state index is 13.7. The fourth-order valence-corrected chi connectivity index (χ4v) is 5.03. The third-order valence-corrected chi connectivity index (χ3v) is 7.24. The highest BCUT2D eigenvalue weighted by Crippen LogP contribution is 2.27. The molecular weight excluding hydrogens is 507 g/mol. The molecule has 1 atom stereocenters. The van der Waals surface area contributed by atoms with Gasteiger partial charge in [0.05, 0.1) is 19.7 Å². The maximum Gasteiger partial charge on any atom is 0.252 e. The second kappa shape index (κ2) is 12.2. The molecule has 0 amide bonds. The van der Waals surface area contributed by atoms with E-state index in [1.165, 1.54) is 17.7 Å². The summed E-state index contributed by atoms with van der Waals surface area (Å²) < 4.78 is 20.8. The Labute approximate surface area is 232 Å². The molecule has 1 N–H and O–H groups in total. The number of hydrogen-bond acceptors (Lipinski definition) is 6. The minimum Gasteiger partial charge on any atom is -0.497 e. The third kappa shape index (κ3) is 6.10. The highest BCUT2D eigenvalue weighted by atomic mass is 19.1. The minimum absolute atomic E-state index is 0.131. The molecule has 5 aromatic rings. The van der Waals surface area contributed by atoms with E-state index in [0.29, 0.717) is 37.4 Å². The highest BCUT2D eigenvalue weighted by Gasteiger charge is 2.26. The number of fused-ring (bicyclic) bond motifs is 1. The highest BCUT2D eigenvalue weighted by molar-refractivity contribution is 5.79. The first-order valence-corrected chi connectivity index (χ1v) is 13.5. The van der Waals surface area contributed by atoms with Crippen LogP contribution in [0.2, 0.25) is 0 Å². The van der Waals surface area contributed by atoms with Crippen molar-refractivity contribution in [3.8, 4) is 5.75 Å². The summed E-state index contributed by atoms with van der Waals surface area (Å²) >= 11 is 0. The van der Waals surface area contributed by atoms with Crippen molar-refractivity contribution in [3.63, 3.8) is 0 Å². The van der Waals surface area contributed by atoms with Gasteiger partial charge in [-0.1, -0.05) is 44.2 Å². The third-order valence-electron chi connectivity index (χ3n) is 7.24. The number of halogens is 1. The number of methoxy groups -OCH3 is 1. The summed E-state index contributed by atoms with van der Waals surface area (Å²) in [7, 11) is 1.64. The predicted octanol–water partition coefficient (Wildman–Crippen LogP) is 5.43. The Balaban J connectivity index is 1.50. The molecule has 3 aromatic carbocycles. The largest absolute Gasteiger partial charge is 0.497 e. The van der Waals surface area contributed by atoms with E-state index in [-0.39, 0.29) is 17.4 Å². The van der Waals surface area contributed by atoms with E-state index in [0.717, 1.165) is 34.2 Å². The Morgan fingerprint density at radius 2 is 1.68 bits per heavy atom. The van der Waals surface area contributed by atoms with E-state index < -0.39 is 0 Å². The van der Waals surface area contributed by atoms with E-state index >= 15 is 0 Å². The first-order valence-electron chi connectivity index (χ1n) is 13.5. The molecule has 5 rings (SSSR count). The molecule has 0 aliphatic rings. The lowest BCUT2D eigenvalue weighted by atomic mass is 10.1. The van der Waals surface area contributed by atoms with Crippen molar-refractivity contribution in [3.05, 3.63) is 117 Å². The van der Waals surface area contributed by atoms with Crippen molar-refractivity contribution in [1.29, 1.82) is 0 Å². The van der Waals surface area contributed by atoms with Crippen molar-refractivity contribution >= 4 is 10.9 Å². The molecule has 0 radical (unpaired) electrons. The number of rotatable bonds is 11. The van der Waals surface area contributed by atoms with Gasteiger partial charge in [-0.3, -0.25) is 9.69 Å². The molecule has 0 bridgehead atoms. The van der Waals surface area contributed by atoms with Crippen LogP contribution in [-0.2, 0) is 26.1 Å². The Morgan fingerprint density at radius 1 is 0.950 bits per heavy atom. The molecule has 0 aliphatic carbocycles. The van der Waals surface area contributed by atoms with Crippen LogP contribution in [0.15, 0.2) is 77.6 Å². The number of ether oxygens (including phenoxy) is 1. The molecule has 9 heteroatoms. The molecule has 2 aromatic heterocycles. The van der Waals surface area contributed by atoms with Crippen LogP contribution in [0.4, 0.5) is 4.39 Å². The average Bonchev–Trinajstić information content (AvgIpc) is 3.42. The number of H-pyrrole nitrogens is 1. The van der Waals surface area contributed by atoms with E-state index in [9.17, 15) is 9.18 Å². The molecule has 0 aliphatic heterocycles. The number of pyridine rings is 1. The van der Waals surface area contributed by atoms with E-state index in [4.69, 9.17) is 4.74 Å². The Bertz CT molecular complexity index is 1630. The standard InChI is InChI=1S/C31H33FN6O2/c1-4-21-10-15-28-24(16-21)17-25(31(39)33-28)20-37(18-22-6-11-26(32)12-7-22)29(5-2)30-34-35-36-38(30)19-23-8-13-27(40-3)14-9-23/h6-17,29H,4-5,18-20H2,1-3H3,(H,33,39). The Hall–Kier alpha value is -4.37. The summed E-state index contributed by atoms with van der Waals surface area (Å²) in [4.78, 5) is 18.4. The summed E-state index contributed by atoms with van der Waals surface area (Å²) in [6.07, 6.45) is 1.62. The van der Waals surface area contributed by atoms with Gasteiger partial charge in [0.1, 0.15) is 11.6 Å². The molecule has 0 saturated carbocycles. The van der Waals surface area contributed by atoms with Gasteiger partial charge in [0, 0.05) is 24.2 Å². The number of aromatic nitrogens is 5. The van der Waals surface area contributed by atoms with E-state index in [1.54, 1.807) is 23.9 Å². The minimum atomic E-state index is -0.288. The first kappa shape index (κ1) is 27.2. The van der Waals surface area contributed by atoms with Crippen LogP contribution in [0, 0.1) is 5.82 Å². The topological polar surface area (TPSA) is 88.9 Å².